The Hall–Kier alpha value is -4.96. The second-order valence-corrected chi connectivity index (χ2v) is 8.98. The number of azo groups is 1. The van der Waals surface area contributed by atoms with Gasteiger partial charge in [0.25, 0.3) is 0 Å². The van der Waals surface area contributed by atoms with E-state index < -0.39 is 0 Å². The lowest BCUT2D eigenvalue weighted by Crippen LogP contribution is -1.94. The predicted molar refractivity (Wildman–Crippen MR) is 151 cm³/mol. The average Bonchev–Trinajstić information content (AvgIpc) is 3.27. The average molecular weight is 463 g/mol. The Labute approximate surface area is 207 Å². The van der Waals surface area contributed by atoms with E-state index in [0.717, 1.165) is 32.9 Å². The van der Waals surface area contributed by atoms with Gasteiger partial charge in [-0.3, -0.25) is 0 Å². The number of rotatable bonds is 3. The van der Waals surface area contributed by atoms with Crippen molar-refractivity contribution in [3.8, 4) is 5.69 Å². The Balaban J connectivity index is 1.53. The van der Waals surface area contributed by atoms with E-state index in [9.17, 15) is 0 Å². The summed E-state index contributed by atoms with van der Waals surface area (Å²) in [4.78, 5) is 0. The van der Waals surface area contributed by atoms with Crippen LogP contribution in [-0.2, 0) is 0 Å². The number of hydrogen-bond acceptors (Lipinski definition) is 3. The van der Waals surface area contributed by atoms with E-state index in [1.54, 1.807) is 0 Å². The first-order valence-electron chi connectivity index (χ1n) is 12.0. The van der Waals surface area contributed by atoms with E-state index in [2.05, 4.69) is 99.7 Å². The zero-order valence-electron chi connectivity index (χ0n) is 19.5. The summed E-state index contributed by atoms with van der Waals surface area (Å²) in [6.45, 7) is 0. The van der Waals surface area contributed by atoms with Gasteiger partial charge in [0, 0.05) is 21.8 Å². The highest BCUT2D eigenvalue weighted by molar-refractivity contribution is 6.16. The van der Waals surface area contributed by atoms with Crippen molar-refractivity contribution in [2.45, 2.75) is 0 Å². The molecule has 7 aromatic rings. The highest BCUT2D eigenvalue weighted by atomic mass is 15.1. The quantitative estimate of drug-likeness (QED) is 0.159. The lowest BCUT2D eigenvalue weighted by molar-refractivity contribution is 1.19. The number of aromatic nitrogens is 1. The Bertz CT molecular complexity index is 1900. The van der Waals surface area contributed by atoms with Crippen molar-refractivity contribution in [1.29, 1.82) is 0 Å². The van der Waals surface area contributed by atoms with Crippen LogP contribution in [0.1, 0.15) is 0 Å². The van der Waals surface area contributed by atoms with Gasteiger partial charge in [-0.25, -0.2) is 0 Å². The lowest BCUT2D eigenvalue weighted by atomic mass is 9.99. The summed E-state index contributed by atoms with van der Waals surface area (Å²) in [5.41, 5.74) is 12.0. The monoisotopic (exact) mass is 462 g/mol. The minimum Gasteiger partial charge on any atom is -0.397 e. The van der Waals surface area contributed by atoms with E-state index >= 15 is 0 Å². The zero-order chi connectivity index (χ0) is 24.1. The number of nitrogens with two attached hydrogens (primary N) is 1. The maximum Gasteiger partial charge on any atom is 0.117 e. The topological polar surface area (TPSA) is 55.7 Å². The van der Waals surface area contributed by atoms with Crippen molar-refractivity contribution in [3.63, 3.8) is 0 Å². The van der Waals surface area contributed by atoms with Gasteiger partial charge in [0.2, 0.25) is 0 Å². The van der Waals surface area contributed by atoms with E-state index in [1.165, 1.54) is 21.8 Å². The third-order valence-electron chi connectivity index (χ3n) is 6.85. The number of anilines is 1. The largest absolute Gasteiger partial charge is 0.397 e. The zero-order valence-corrected chi connectivity index (χ0v) is 19.5. The first-order valence-corrected chi connectivity index (χ1v) is 12.0. The SMILES string of the molecule is Nc1ccc2ccc3ccc(-n4c5ccccc5c5ccccc54)cc3c2c1N=Nc1ccccc1. The number of fused-ring (bicyclic) bond motifs is 6. The third-order valence-corrected chi connectivity index (χ3v) is 6.85. The van der Waals surface area contributed by atoms with E-state index in [1.807, 2.05) is 36.4 Å². The number of para-hydroxylation sites is 2. The van der Waals surface area contributed by atoms with Crippen LogP contribution in [0.15, 0.2) is 132 Å². The van der Waals surface area contributed by atoms with Gasteiger partial charge in [-0.2, -0.15) is 5.11 Å². The van der Waals surface area contributed by atoms with Crippen LogP contribution in [0.5, 0.6) is 0 Å². The van der Waals surface area contributed by atoms with Gasteiger partial charge in [0.1, 0.15) is 5.69 Å². The maximum atomic E-state index is 6.46. The lowest BCUT2D eigenvalue weighted by Gasteiger charge is -2.12. The molecule has 0 aliphatic carbocycles. The van der Waals surface area contributed by atoms with Gasteiger partial charge in [-0.1, -0.05) is 78.9 Å². The highest BCUT2D eigenvalue weighted by Gasteiger charge is 2.14. The Morgan fingerprint density at radius 2 is 1.14 bits per heavy atom. The van der Waals surface area contributed by atoms with Crippen molar-refractivity contribution in [1.82, 2.24) is 4.57 Å². The van der Waals surface area contributed by atoms with Crippen molar-refractivity contribution in [2.75, 3.05) is 5.73 Å². The minimum atomic E-state index is 0.608. The minimum absolute atomic E-state index is 0.608. The van der Waals surface area contributed by atoms with Gasteiger partial charge in [0.15, 0.2) is 0 Å². The molecule has 4 nitrogen and oxygen atoms in total. The summed E-state index contributed by atoms with van der Waals surface area (Å²) in [6.07, 6.45) is 0. The van der Waals surface area contributed by atoms with Crippen LogP contribution in [-0.4, -0.2) is 4.57 Å². The molecule has 4 heteroatoms. The fraction of sp³-hybridized carbons (Fsp3) is 0. The summed E-state index contributed by atoms with van der Waals surface area (Å²) in [6, 6.07) is 41.7. The Morgan fingerprint density at radius 1 is 0.528 bits per heavy atom. The molecule has 0 unspecified atom stereocenters. The van der Waals surface area contributed by atoms with Gasteiger partial charge in [0.05, 0.1) is 22.4 Å². The molecule has 0 amide bonds. The van der Waals surface area contributed by atoms with Crippen molar-refractivity contribution >= 4 is 60.4 Å². The fourth-order valence-electron chi connectivity index (χ4n) is 5.18. The molecule has 2 N–H and O–H groups in total. The number of nitrogens with zero attached hydrogens (tertiary/aromatic N) is 3. The van der Waals surface area contributed by atoms with E-state index in [-0.39, 0.29) is 0 Å². The fourth-order valence-corrected chi connectivity index (χ4v) is 5.18. The van der Waals surface area contributed by atoms with Crippen LogP contribution >= 0.6 is 0 Å². The molecule has 0 atom stereocenters. The summed E-state index contributed by atoms with van der Waals surface area (Å²) in [5.74, 6) is 0. The van der Waals surface area contributed by atoms with E-state index in [0.29, 0.717) is 11.4 Å². The second kappa shape index (κ2) is 8.07. The summed E-state index contributed by atoms with van der Waals surface area (Å²) >= 11 is 0. The molecule has 0 aliphatic rings. The van der Waals surface area contributed by atoms with E-state index in [4.69, 9.17) is 5.73 Å². The molecule has 1 heterocycles. The number of nitrogen functional groups attached to an aromatic ring is 1. The Morgan fingerprint density at radius 3 is 1.89 bits per heavy atom. The molecule has 0 bridgehead atoms. The molecule has 0 saturated heterocycles. The normalized spacial score (nSPS) is 11.9. The molecule has 7 rings (SSSR count). The first kappa shape index (κ1) is 20.4. The Kier molecular flexibility index (Phi) is 4.57. The molecule has 36 heavy (non-hydrogen) atoms. The van der Waals surface area contributed by atoms with Gasteiger partial charge < -0.3 is 10.3 Å². The van der Waals surface area contributed by atoms with Crippen molar-refractivity contribution in [3.05, 3.63) is 121 Å². The summed E-state index contributed by atoms with van der Waals surface area (Å²) in [7, 11) is 0. The molecule has 170 valence electrons. The number of benzene rings is 6. The molecule has 0 fully saturated rings. The first-order chi connectivity index (χ1) is 17.8. The van der Waals surface area contributed by atoms with Crippen LogP contribution in [0.2, 0.25) is 0 Å². The van der Waals surface area contributed by atoms with Crippen LogP contribution in [0.4, 0.5) is 17.1 Å². The smallest absolute Gasteiger partial charge is 0.117 e. The summed E-state index contributed by atoms with van der Waals surface area (Å²) in [5, 5.41) is 15.9. The molecule has 0 aliphatic heterocycles. The van der Waals surface area contributed by atoms with Gasteiger partial charge in [-0.05, 0) is 58.6 Å². The molecule has 0 saturated carbocycles. The van der Waals surface area contributed by atoms with Crippen LogP contribution in [0.25, 0.3) is 49.0 Å². The molecule has 1 aromatic heterocycles. The third kappa shape index (κ3) is 3.16. The standard InChI is InChI=1S/C32H22N4/c33-28-19-17-22-15-14-21-16-18-24(20-27(21)31(22)32(28)35-34-23-8-2-1-3-9-23)36-29-12-6-4-10-25(29)26-11-5-7-13-30(26)36/h1-20H,33H2. The molecule has 0 spiro atoms. The molecular weight excluding hydrogens is 440 g/mol. The van der Waals surface area contributed by atoms with Gasteiger partial charge in [-0.15, -0.1) is 5.11 Å². The molecule has 0 radical (unpaired) electrons. The predicted octanol–water partition coefficient (Wildman–Crippen LogP) is 9.09. The van der Waals surface area contributed by atoms with Gasteiger partial charge >= 0.3 is 0 Å². The number of hydrogen-bond donors (Lipinski definition) is 1. The second-order valence-electron chi connectivity index (χ2n) is 8.98. The maximum absolute atomic E-state index is 6.46. The summed E-state index contributed by atoms with van der Waals surface area (Å²) < 4.78 is 2.33. The molecular formula is C32H22N4. The molecule has 6 aromatic carbocycles. The van der Waals surface area contributed by atoms with Crippen molar-refractivity contribution in [2.24, 2.45) is 10.2 Å². The van der Waals surface area contributed by atoms with Crippen molar-refractivity contribution < 1.29 is 0 Å². The van der Waals surface area contributed by atoms with Crippen LogP contribution in [0.3, 0.4) is 0 Å². The van der Waals surface area contributed by atoms with Crippen LogP contribution in [0, 0.1) is 0 Å². The van der Waals surface area contributed by atoms with Crippen LogP contribution < -0.4 is 5.73 Å². The highest BCUT2D eigenvalue weighted by Crippen LogP contribution is 2.40.